The van der Waals surface area contributed by atoms with Gasteiger partial charge < -0.3 is 5.73 Å². The Bertz CT molecular complexity index is 479. The number of rotatable bonds is 2. The first-order valence-corrected chi connectivity index (χ1v) is 5.17. The Morgan fingerprint density at radius 2 is 1.93 bits per heavy atom. The second-order valence-electron chi connectivity index (χ2n) is 3.01. The lowest BCUT2D eigenvalue weighted by molar-refractivity contribution is 0.804. The molecule has 2 aromatic rings. The number of aromatic nitrogens is 2. The van der Waals surface area contributed by atoms with Gasteiger partial charge in [0.1, 0.15) is 0 Å². The zero-order valence-corrected chi connectivity index (χ0v) is 9.33. The van der Waals surface area contributed by atoms with E-state index in [9.17, 15) is 0 Å². The third-order valence-corrected chi connectivity index (χ3v) is 2.73. The molecule has 0 aliphatic carbocycles. The van der Waals surface area contributed by atoms with Gasteiger partial charge in [0, 0.05) is 6.54 Å². The molecule has 2 N–H and O–H groups in total. The standard InChI is InChI=1S/C10H9Cl2N3/c11-7-3-1-2-4-9(7)15-10(5-13)8(12)6-14-15/h1-4,6H,5,13H2. The normalized spacial score (nSPS) is 10.6. The lowest BCUT2D eigenvalue weighted by Crippen LogP contribution is -2.07. The van der Waals surface area contributed by atoms with Gasteiger partial charge in [0.15, 0.2) is 0 Å². The largest absolute Gasteiger partial charge is 0.325 e. The Kier molecular flexibility index (Phi) is 2.95. The van der Waals surface area contributed by atoms with Crippen LogP contribution in [0.2, 0.25) is 10.0 Å². The van der Waals surface area contributed by atoms with Crippen LogP contribution in [-0.4, -0.2) is 9.78 Å². The number of nitrogens with zero attached hydrogens (tertiary/aromatic N) is 2. The predicted octanol–water partition coefficient (Wildman–Crippen LogP) is 2.64. The maximum absolute atomic E-state index is 6.05. The molecule has 15 heavy (non-hydrogen) atoms. The molecular weight excluding hydrogens is 233 g/mol. The van der Waals surface area contributed by atoms with E-state index in [4.69, 9.17) is 28.9 Å². The Morgan fingerprint density at radius 1 is 1.20 bits per heavy atom. The van der Waals surface area contributed by atoms with Gasteiger partial charge in [-0.2, -0.15) is 5.10 Å². The molecule has 0 radical (unpaired) electrons. The SMILES string of the molecule is NCc1c(Cl)cnn1-c1ccccc1Cl. The molecule has 1 heterocycles. The average Bonchev–Trinajstić information content (AvgIpc) is 2.60. The lowest BCUT2D eigenvalue weighted by Gasteiger charge is -2.07. The zero-order valence-electron chi connectivity index (χ0n) is 7.82. The van der Waals surface area contributed by atoms with Crippen LogP contribution in [0.25, 0.3) is 5.69 Å². The number of nitrogens with two attached hydrogens (primary N) is 1. The smallest absolute Gasteiger partial charge is 0.0836 e. The minimum absolute atomic E-state index is 0.323. The molecule has 0 saturated heterocycles. The van der Waals surface area contributed by atoms with E-state index in [1.54, 1.807) is 16.9 Å². The van der Waals surface area contributed by atoms with Crippen LogP contribution in [0.15, 0.2) is 30.5 Å². The minimum atomic E-state index is 0.323. The van der Waals surface area contributed by atoms with Crippen LogP contribution in [0, 0.1) is 0 Å². The van der Waals surface area contributed by atoms with Crippen LogP contribution in [0.1, 0.15) is 5.69 Å². The number of halogens is 2. The summed E-state index contributed by atoms with van der Waals surface area (Å²) in [6.45, 7) is 0.323. The number of hydrogen-bond donors (Lipinski definition) is 1. The fraction of sp³-hybridized carbons (Fsp3) is 0.100. The van der Waals surface area contributed by atoms with Gasteiger partial charge in [0.2, 0.25) is 0 Å². The van der Waals surface area contributed by atoms with Crippen LogP contribution in [-0.2, 0) is 6.54 Å². The Morgan fingerprint density at radius 3 is 2.60 bits per heavy atom. The number of para-hydroxylation sites is 1. The van der Waals surface area contributed by atoms with Crippen LogP contribution in [0.4, 0.5) is 0 Å². The van der Waals surface area contributed by atoms with Crippen molar-refractivity contribution in [3.05, 3.63) is 46.2 Å². The van der Waals surface area contributed by atoms with Crippen molar-refractivity contribution in [2.75, 3.05) is 0 Å². The maximum atomic E-state index is 6.05. The summed E-state index contributed by atoms with van der Waals surface area (Å²) in [7, 11) is 0. The molecule has 0 spiro atoms. The van der Waals surface area contributed by atoms with Crippen LogP contribution < -0.4 is 5.73 Å². The van der Waals surface area contributed by atoms with Crippen molar-refractivity contribution >= 4 is 23.2 Å². The molecule has 0 saturated carbocycles. The topological polar surface area (TPSA) is 43.8 Å². The highest BCUT2D eigenvalue weighted by Gasteiger charge is 2.10. The van der Waals surface area contributed by atoms with E-state index in [0.717, 1.165) is 11.4 Å². The van der Waals surface area contributed by atoms with E-state index < -0.39 is 0 Å². The highest BCUT2D eigenvalue weighted by atomic mass is 35.5. The van der Waals surface area contributed by atoms with Gasteiger partial charge in [0.05, 0.1) is 27.6 Å². The highest BCUT2D eigenvalue weighted by Crippen LogP contribution is 2.24. The Labute approximate surface area is 97.4 Å². The Balaban J connectivity index is 2.59. The van der Waals surface area contributed by atoms with Crippen molar-refractivity contribution in [3.63, 3.8) is 0 Å². The minimum Gasteiger partial charge on any atom is -0.325 e. The van der Waals surface area contributed by atoms with E-state index in [1.165, 1.54) is 0 Å². The summed E-state index contributed by atoms with van der Waals surface area (Å²) in [5.41, 5.74) is 7.13. The van der Waals surface area contributed by atoms with Gasteiger partial charge in [-0.1, -0.05) is 35.3 Å². The molecule has 1 aromatic carbocycles. The molecule has 1 aromatic heterocycles. The van der Waals surface area contributed by atoms with Crippen molar-refractivity contribution < 1.29 is 0 Å². The molecule has 2 rings (SSSR count). The predicted molar refractivity (Wildman–Crippen MR) is 61.5 cm³/mol. The number of hydrogen-bond acceptors (Lipinski definition) is 2. The van der Waals surface area contributed by atoms with Crippen molar-refractivity contribution in [2.45, 2.75) is 6.54 Å². The molecule has 0 fully saturated rings. The molecule has 78 valence electrons. The van der Waals surface area contributed by atoms with Crippen LogP contribution >= 0.6 is 23.2 Å². The molecule has 0 bridgehead atoms. The first kappa shape index (κ1) is 10.5. The van der Waals surface area contributed by atoms with E-state index in [0.29, 0.717) is 16.6 Å². The van der Waals surface area contributed by atoms with Gasteiger partial charge in [-0.05, 0) is 12.1 Å². The highest BCUT2D eigenvalue weighted by molar-refractivity contribution is 6.32. The number of benzene rings is 1. The molecule has 0 aliphatic heterocycles. The van der Waals surface area contributed by atoms with Crippen molar-refractivity contribution in [2.24, 2.45) is 5.73 Å². The van der Waals surface area contributed by atoms with Gasteiger partial charge >= 0.3 is 0 Å². The van der Waals surface area contributed by atoms with Gasteiger partial charge in [-0.15, -0.1) is 0 Å². The monoisotopic (exact) mass is 241 g/mol. The molecule has 5 heteroatoms. The third-order valence-electron chi connectivity index (χ3n) is 2.09. The summed E-state index contributed by atoms with van der Waals surface area (Å²) in [4.78, 5) is 0. The fourth-order valence-corrected chi connectivity index (χ4v) is 1.79. The lowest BCUT2D eigenvalue weighted by atomic mass is 10.3. The van der Waals surface area contributed by atoms with Gasteiger partial charge in [-0.3, -0.25) is 0 Å². The van der Waals surface area contributed by atoms with Crippen LogP contribution in [0.3, 0.4) is 0 Å². The third kappa shape index (κ3) is 1.86. The summed E-state index contributed by atoms with van der Waals surface area (Å²) in [6, 6.07) is 7.41. The van der Waals surface area contributed by atoms with Gasteiger partial charge in [-0.25, -0.2) is 4.68 Å². The maximum Gasteiger partial charge on any atom is 0.0836 e. The second-order valence-corrected chi connectivity index (χ2v) is 3.82. The molecule has 0 unspecified atom stereocenters. The van der Waals surface area contributed by atoms with E-state index in [1.807, 2.05) is 18.2 Å². The fourth-order valence-electron chi connectivity index (χ4n) is 1.37. The van der Waals surface area contributed by atoms with Crippen LogP contribution in [0.5, 0.6) is 0 Å². The molecule has 0 amide bonds. The van der Waals surface area contributed by atoms with Crippen molar-refractivity contribution in [1.82, 2.24) is 9.78 Å². The molecule has 0 atom stereocenters. The summed E-state index contributed by atoms with van der Waals surface area (Å²) in [6.07, 6.45) is 1.56. The van der Waals surface area contributed by atoms with E-state index >= 15 is 0 Å². The summed E-state index contributed by atoms with van der Waals surface area (Å²) in [5.74, 6) is 0. The second kappa shape index (κ2) is 4.23. The first-order chi connectivity index (χ1) is 7.24. The molecule has 0 aliphatic rings. The zero-order chi connectivity index (χ0) is 10.8. The molecule has 3 nitrogen and oxygen atoms in total. The summed E-state index contributed by atoms with van der Waals surface area (Å²) >= 11 is 12.0. The van der Waals surface area contributed by atoms with Crippen molar-refractivity contribution in [1.29, 1.82) is 0 Å². The summed E-state index contributed by atoms with van der Waals surface area (Å²) in [5, 5.41) is 5.31. The van der Waals surface area contributed by atoms with E-state index in [-0.39, 0.29) is 0 Å². The van der Waals surface area contributed by atoms with Crippen molar-refractivity contribution in [3.8, 4) is 5.69 Å². The molecular formula is C10H9Cl2N3. The quantitative estimate of drug-likeness (QED) is 0.879. The van der Waals surface area contributed by atoms with Gasteiger partial charge in [0.25, 0.3) is 0 Å². The van der Waals surface area contributed by atoms with E-state index in [2.05, 4.69) is 5.10 Å². The summed E-state index contributed by atoms with van der Waals surface area (Å²) < 4.78 is 1.66. The Hall–Kier alpha value is -1.03. The first-order valence-electron chi connectivity index (χ1n) is 4.41. The average molecular weight is 242 g/mol.